The number of rotatable bonds is 4. The normalized spacial score (nSPS) is 18.1. The zero-order valence-corrected chi connectivity index (χ0v) is 25.6. The second-order valence-corrected chi connectivity index (χ2v) is 12.1. The fourth-order valence-electron chi connectivity index (χ4n) is 5.44. The first-order valence-electron chi connectivity index (χ1n) is 14.8. The summed E-state index contributed by atoms with van der Waals surface area (Å²) in [5.74, 6) is 1.84. The largest absolute Gasteiger partial charge is 0.489 e. The van der Waals surface area contributed by atoms with Gasteiger partial charge in [-0.05, 0) is 66.5 Å². The minimum absolute atomic E-state index is 0.252. The second kappa shape index (κ2) is 12.3. The Morgan fingerprint density at radius 1 is 1.17 bits per heavy atom. The average molecular weight is 578 g/mol. The van der Waals surface area contributed by atoms with Gasteiger partial charge in [0, 0.05) is 37.0 Å². The van der Waals surface area contributed by atoms with Crippen molar-refractivity contribution in [2.24, 2.45) is 0 Å². The van der Waals surface area contributed by atoms with Gasteiger partial charge in [-0.25, -0.2) is 9.78 Å². The third-order valence-corrected chi connectivity index (χ3v) is 7.62. The van der Waals surface area contributed by atoms with E-state index >= 15 is 0 Å². The Hall–Kier alpha value is -3.63. The van der Waals surface area contributed by atoms with E-state index in [0.717, 1.165) is 43.1 Å². The lowest BCUT2D eigenvalue weighted by atomic mass is 9.92. The maximum Gasteiger partial charge on any atom is 0.340 e. The van der Waals surface area contributed by atoms with E-state index in [1.54, 1.807) is 6.92 Å². The summed E-state index contributed by atoms with van der Waals surface area (Å²) in [6.07, 6.45) is 4.68. The number of ether oxygens (including phenoxy) is 4. The quantitative estimate of drug-likeness (QED) is 0.323. The van der Waals surface area contributed by atoms with Crippen molar-refractivity contribution in [2.75, 3.05) is 43.1 Å². The third kappa shape index (κ3) is 6.71. The van der Waals surface area contributed by atoms with Gasteiger partial charge in [0.1, 0.15) is 18.2 Å². The van der Waals surface area contributed by atoms with Crippen LogP contribution in [0.1, 0.15) is 70.4 Å². The van der Waals surface area contributed by atoms with Crippen molar-refractivity contribution >= 4 is 23.3 Å². The summed E-state index contributed by atoms with van der Waals surface area (Å²) in [7, 11) is 0. The molecule has 0 spiro atoms. The van der Waals surface area contributed by atoms with Crippen LogP contribution in [0.25, 0.3) is 5.65 Å². The van der Waals surface area contributed by atoms with E-state index < -0.39 is 17.7 Å². The number of nitrogens with zero attached hydrogens (tertiary/aromatic N) is 4. The maximum atomic E-state index is 13.4. The van der Waals surface area contributed by atoms with Crippen LogP contribution >= 0.6 is 0 Å². The number of nitrogens with one attached hydrogen (secondary N) is 1. The molecule has 4 bridgehead atoms. The van der Waals surface area contributed by atoms with Gasteiger partial charge in [0.05, 0.1) is 30.0 Å². The molecule has 0 saturated carbocycles. The van der Waals surface area contributed by atoms with Crippen LogP contribution in [0.15, 0.2) is 42.5 Å². The number of carbonyl (C=O) groups excluding carboxylic acids is 1. The molecule has 6 rings (SSSR count). The molecular formula is C32H43N5O5. The molecule has 1 aromatic carbocycles. The van der Waals surface area contributed by atoms with Crippen LogP contribution in [0.4, 0.5) is 11.6 Å². The van der Waals surface area contributed by atoms with Crippen LogP contribution in [0.3, 0.4) is 0 Å². The van der Waals surface area contributed by atoms with Crippen LogP contribution in [-0.4, -0.2) is 64.7 Å². The van der Waals surface area contributed by atoms with Gasteiger partial charge in [0.25, 0.3) is 0 Å². The number of hydrogen-bond acceptors (Lipinski definition) is 9. The van der Waals surface area contributed by atoms with Crippen molar-refractivity contribution in [3.63, 3.8) is 0 Å². The summed E-state index contributed by atoms with van der Waals surface area (Å²) in [4.78, 5) is 20.6. The first-order valence-corrected chi connectivity index (χ1v) is 14.8. The zero-order chi connectivity index (χ0) is 29.9. The number of aryl methyl sites for hydroxylation is 1. The highest BCUT2D eigenvalue weighted by Gasteiger charge is 2.38. The molecule has 1 fully saturated rings. The first-order chi connectivity index (χ1) is 20.1. The molecule has 3 aliphatic rings. The zero-order valence-electron chi connectivity index (χ0n) is 25.6. The van der Waals surface area contributed by atoms with Gasteiger partial charge in [0.15, 0.2) is 17.6 Å². The Labute approximate surface area is 248 Å². The van der Waals surface area contributed by atoms with Crippen LogP contribution in [0.5, 0.6) is 5.75 Å². The number of esters is 1. The molecule has 0 radical (unpaired) electrons. The predicted molar refractivity (Wildman–Crippen MR) is 162 cm³/mol. The van der Waals surface area contributed by atoms with Gasteiger partial charge < -0.3 is 29.2 Å². The Morgan fingerprint density at radius 2 is 1.90 bits per heavy atom. The lowest BCUT2D eigenvalue weighted by Gasteiger charge is -2.41. The van der Waals surface area contributed by atoms with Gasteiger partial charge in [-0.2, -0.15) is 4.52 Å². The Kier molecular flexibility index (Phi) is 8.75. The molecule has 1 unspecified atom stereocenters. The summed E-state index contributed by atoms with van der Waals surface area (Å²) in [6.45, 7) is 14.9. The molecule has 2 aromatic heterocycles. The Balaban J connectivity index is 1.63. The summed E-state index contributed by atoms with van der Waals surface area (Å²) in [5, 5.41) is 8.41. The van der Waals surface area contributed by atoms with E-state index in [1.807, 2.05) is 74.7 Å². The summed E-state index contributed by atoms with van der Waals surface area (Å²) in [5.41, 5.74) is 2.19. The van der Waals surface area contributed by atoms with Crippen molar-refractivity contribution in [1.82, 2.24) is 14.6 Å². The van der Waals surface area contributed by atoms with E-state index in [9.17, 15) is 4.79 Å². The number of aromatic nitrogens is 3. The monoisotopic (exact) mass is 577 g/mol. The van der Waals surface area contributed by atoms with Crippen molar-refractivity contribution in [3.05, 3.63) is 59.3 Å². The molecule has 5 heterocycles. The Bertz CT molecular complexity index is 1440. The highest BCUT2D eigenvalue weighted by molar-refractivity contribution is 5.80. The number of piperidine rings is 1. The summed E-state index contributed by atoms with van der Waals surface area (Å²) < 4.78 is 26.2. The highest BCUT2D eigenvalue weighted by atomic mass is 16.6. The minimum atomic E-state index is -0.964. The molecule has 1 atom stereocenters. The average Bonchev–Trinajstić information content (AvgIpc) is 3.34. The number of carbonyl (C=O) groups is 1. The van der Waals surface area contributed by atoms with E-state index in [4.69, 9.17) is 29.0 Å². The van der Waals surface area contributed by atoms with E-state index in [0.29, 0.717) is 42.5 Å². The van der Waals surface area contributed by atoms with Gasteiger partial charge in [-0.3, -0.25) is 0 Å². The van der Waals surface area contributed by atoms with Gasteiger partial charge in [-0.15, -0.1) is 5.10 Å². The fourth-order valence-corrected chi connectivity index (χ4v) is 5.44. The van der Waals surface area contributed by atoms with Crippen LogP contribution in [-0.2, 0) is 25.5 Å². The topological polar surface area (TPSA) is 99.5 Å². The molecular weight excluding hydrogens is 534 g/mol. The standard InChI is InChI=1S/C32H43N5O5/c1-7-39-30(38)28(42-31(3,4)5)27-22(2)34-26-20-25-33-21-23-12-8-9-13-24(23)40-18-10-11-19-41-32(6)14-16-36(17-15-32)29(27)37(26)35-25/h8-13,20,28H,7,14-19,21H2,1-6H3,(H,33,35). The number of para-hydroxylation sites is 1. The lowest BCUT2D eigenvalue weighted by molar-refractivity contribution is -0.166. The Morgan fingerprint density at radius 3 is 2.64 bits per heavy atom. The van der Waals surface area contributed by atoms with E-state index in [2.05, 4.69) is 17.1 Å². The maximum absolute atomic E-state index is 13.4. The first kappa shape index (κ1) is 29.8. The molecule has 226 valence electrons. The molecule has 1 N–H and O–H groups in total. The van der Waals surface area contributed by atoms with E-state index in [1.165, 1.54) is 0 Å². The van der Waals surface area contributed by atoms with E-state index in [-0.39, 0.29) is 12.2 Å². The van der Waals surface area contributed by atoms with Gasteiger partial charge in [-0.1, -0.05) is 24.3 Å². The number of hydrogen-bond donors (Lipinski definition) is 1. The third-order valence-electron chi connectivity index (χ3n) is 7.62. The van der Waals surface area contributed by atoms with Crippen molar-refractivity contribution < 1.29 is 23.7 Å². The summed E-state index contributed by atoms with van der Waals surface area (Å²) >= 11 is 0. The fraction of sp³-hybridized carbons (Fsp3) is 0.531. The molecule has 0 amide bonds. The molecule has 10 nitrogen and oxygen atoms in total. The van der Waals surface area contributed by atoms with Crippen LogP contribution in [0.2, 0.25) is 0 Å². The molecule has 1 saturated heterocycles. The molecule has 3 aliphatic heterocycles. The molecule has 10 heteroatoms. The van der Waals surface area contributed by atoms with Gasteiger partial charge >= 0.3 is 5.97 Å². The van der Waals surface area contributed by atoms with Crippen molar-refractivity contribution in [3.8, 4) is 5.75 Å². The van der Waals surface area contributed by atoms with Crippen molar-refractivity contribution in [2.45, 2.75) is 78.2 Å². The van der Waals surface area contributed by atoms with Crippen LogP contribution in [0, 0.1) is 6.92 Å². The number of fused-ring (bicyclic) bond motifs is 7. The lowest BCUT2D eigenvalue weighted by Crippen LogP contribution is -2.45. The summed E-state index contributed by atoms with van der Waals surface area (Å²) in [6, 6.07) is 9.90. The second-order valence-electron chi connectivity index (χ2n) is 12.1. The smallest absolute Gasteiger partial charge is 0.340 e. The minimum Gasteiger partial charge on any atom is -0.489 e. The predicted octanol–water partition coefficient (Wildman–Crippen LogP) is 5.39. The molecule has 42 heavy (non-hydrogen) atoms. The van der Waals surface area contributed by atoms with Crippen LogP contribution < -0.4 is 15.0 Å². The highest BCUT2D eigenvalue weighted by Crippen LogP contribution is 2.38. The van der Waals surface area contributed by atoms with Crippen molar-refractivity contribution in [1.29, 1.82) is 0 Å². The van der Waals surface area contributed by atoms with Gasteiger partial charge in [0.2, 0.25) is 0 Å². The molecule has 0 aliphatic carbocycles. The number of benzene rings is 1. The SMILES string of the molecule is CCOC(=O)C(OC(C)(C)C)c1c(C)nc2cc3nn2c1N1CCC(C)(CC1)OCC=CCOc1ccccc1CN3. The molecule has 3 aromatic rings. The number of anilines is 2.